The number of carboxylic acids is 1. The Morgan fingerprint density at radius 3 is 1.71 bits per heavy atom. The molecule has 158 valence electrons. The topological polar surface area (TPSA) is 37.3 Å². The van der Waals surface area contributed by atoms with Crippen LogP contribution in [0.25, 0.3) is 0 Å². The van der Waals surface area contributed by atoms with Crippen molar-refractivity contribution in [2.75, 3.05) is 0 Å². The van der Waals surface area contributed by atoms with Crippen LogP contribution in [0.2, 0.25) is 5.02 Å². The first-order valence-corrected chi connectivity index (χ1v) is 11.5. The molecular formula is C24H41CaClO2. The van der Waals surface area contributed by atoms with Crippen LogP contribution in [0.5, 0.6) is 0 Å². The van der Waals surface area contributed by atoms with E-state index in [9.17, 15) is 9.90 Å². The number of aliphatic carboxylic acids is 1. The number of benzene rings is 1. The molecule has 1 aromatic rings. The van der Waals surface area contributed by atoms with Gasteiger partial charge in [-0.15, -0.1) is 0 Å². The maximum Gasteiger partial charge on any atom is 2.00 e. The molecule has 0 radical (unpaired) electrons. The van der Waals surface area contributed by atoms with E-state index in [-0.39, 0.29) is 40.6 Å². The van der Waals surface area contributed by atoms with E-state index in [4.69, 9.17) is 11.6 Å². The Labute approximate surface area is 210 Å². The van der Waals surface area contributed by atoms with Crippen molar-refractivity contribution in [1.82, 2.24) is 0 Å². The van der Waals surface area contributed by atoms with E-state index in [0.29, 0.717) is 11.4 Å². The fraction of sp³-hybridized carbons (Fsp3) is 0.708. The van der Waals surface area contributed by atoms with Gasteiger partial charge in [0.2, 0.25) is 0 Å². The molecule has 0 aliphatic carbocycles. The number of carbonyl (C=O) groups is 1. The normalized spacial score (nSPS) is 11.8. The molecule has 2 nitrogen and oxygen atoms in total. The maximum absolute atomic E-state index is 11.6. The van der Waals surface area contributed by atoms with Crippen LogP contribution in [0.4, 0.5) is 0 Å². The summed E-state index contributed by atoms with van der Waals surface area (Å²) in [5.74, 6) is -1.24. The van der Waals surface area contributed by atoms with E-state index in [1.54, 1.807) is 6.07 Å². The van der Waals surface area contributed by atoms with Crippen LogP contribution in [-0.4, -0.2) is 48.8 Å². The largest absolute Gasteiger partial charge is 2.00 e. The predicted octanol–water partition coefficient (Wildman–Crippen LogP) is 8.22. The van der Waals surface area contributed by atoms with Crippen molar-refractivity contribution >= 4 is 55.3 Å². The summed E-state index contributed by atoms with van der Waals surface area (Å²) >= 11 is 6.16. The Hall–Kier alpha value is 0.240. The van der Waals surface area contributed by atoms with Gasteiger partial charge in [-0.1, -0.05) is 127 Å². The Balaban J connectivity index is -0.00000243. The van der Waals surface area contributed by atoms with Gasteiger partial charge in [-0.25, -0.2) is 0 Å². The molecule has 0 aliphatic heterocycles. The van der Waals surface area contributed by atoms with Gasteiger partial charge in [-0.2, -0.15) is 0 Å². The third kappa shape index (κ3) is 13.5. The smallest absolute Gasteiger partial charge is 1.00 e. The van der Waals surface area contributed by atoms with Crippen LogP contribution in [-0.2, 0) is 4.79 Å². The van der Waals surface area contributed by atoms with E-state index in [0.717, 1.165) is 18.4 Å². The Bertz CT molecular complexity index is 518. The average Bonchev–Trinajstić information content (AvgIpc) is 2.65. The van der Waals surface area contributed by atoms with Crippen molar-refractivity contribution in [3.8, 4) is 0 Å². The number of hydrogen-bond donors (Lipinski definition) is 1. The minimum Gasteiger partial charge on any atom is -1.00 e. The van der Waals surface area contributed by atoms with Gasteiger partial charge in [0.05, 0.1) is 5.92 Å². The molecule has 0 saturated heterocycles. The van der Waals surface area contributed by atoms with Crippen molar-refractivity contribution in [3.05, 3.63) is 34.9 Å². The molecule has 4 heteroatoms. The molecule has 1 unspecified atom stereocenters. The Morgan fingerprint density at radius 1 is 0.857 bits per heavy atom. The summed E-state index contributed by atoms with van der Waals surface area (Å²) in [7, 11) is 0. The minimum atomic E-state index is -0.766. The molecule has 0 heterocycles. The first-order chi connectivity index (χ1) is 13.2. The molecule has 1 atom stereocenters. The summed E-state index contributed by atoms with van der Waals surface area (Å²) in [6.45, 7) is 2.27. The average molecular weight is 437 g/mol. The van der Waals surface area contributed by atoms with Crippen LogP contribution >= 0.6 is 11.6 Å². The standard InChI is InChI=1S/C24H39ClO2.Ca.2H/c1-2-3-4-5-6-7-8-9-10-11-12-13-14-15-19-22(24(26)27)21-18-16-17-20-23(21)25;;;/h16-18,20,22H,2-15,19H2,1H3,(H,26,27);;;/q;+2;2*-1. The van der Waals surface area contributed by atoms with Crippen LogP contribution < -0.4 is 0 Å². The van der Waals surface area contributed by atoms with E-state index < -0.39 is 11.9 Å². The number of carboxylic acid groups (broad SMARTS) is 1. The molecule has 1 aromatic carbocycles. The van der Waals surface area contributed by atoms with Crippen molar-refractivity contribution in [2.24, 2.45) is 0 Å². The summed E-state index contributed by atoms with van der Waals surface area (Å²) < 4.78 is 0. The molecule has 0 saturated carbocycles. The van der Waals surface area contributed by atoms with Gasteiger partial charge < -0.3 is 7.96 Å². The Kier molecular flexibility index (Phi) is 19.4. The predicted molar refractivity (Wildman–Crippen MR) is 125 cm³/mol. The van der Waals surface area contributed by atoms with Crippen LogP contribution in [0.15, 0.2) is 24.3 Å². The zero-order valence-corrected chi connectivity index (χ0v) is 20.9. The summed E-state index contributed by atoms with van der Waals surface area (Å²) in [5, 5.41) is 10.1. The maximum atomic E-state index is 11.6. The van der Waals surface area contributed by atoms with Gasteiger partial charge in [0.1, 0.15) is 0 Å². The number of unbranched alkanes of at least 4 members (excludes halogenated alkanes) is 13. The summed E-state index contributed by atoms with van der Waals surface area (Å²) in [6.07, 6.45) is 19.1. The van der Waals surface area contributed by atoms with Gasteiger partial charge in [0.25, 0.3) is 0 Å². The van der Waals surface area contributed by atoms with E-state index in [1.165, 1.54) is 77.0 Å². The molecule has 1 N–H and O–H groups in total. The van der Waals surface area contributed by atoms with Crippen molar-refractivity contribution < 1.29 is 12.8 Å². The van der Waals surface area contributed by atoms with Crippen molar-refractivity contribution in [2.45, 2.75) is 109 Å². The fourth-order valence-corrected chi connectivity index (χ4v) is 3.98. The molecule has 0 bridgehead atoms. The second-order valence-electron chi connectivity index (χ2n) is 7.80. The number of hydrogen-bond acceptors (Lipinski definition) is 1. The van der Waals surface area contributed by atoms with Crippen molar-refractivity contribution in [1.29, 1.82) is 0 Å². The summed E-state index contributed by atoms with van der Waals surface area (Å²) in [4.78, 5) is 11.6. The fourth-order valence-electron chi connectivity index (χ4n) is 3.71. The Morgan fingerprint density at radius 2 is 1.29 bits per heavy atom. The van der Waals surface area contributed by atoms with Crippen molar-refractivity contribution in [3.63, 3.8) is 0 Å². The quantitative estimate of drug-likeness (QED) is 0.197. The first kappa shape index (κ1) is 28.2. The second kappa shape index (κ2) is 19.2. The van der Waals surface area contributed by atoms with Gasteiger partial charge in [0, 0.05) is 5.02 Å². The zero-order valence-electron chi connectivity index (χ0n) is 19.9. The second-order valence-corrected chi connectivity index (χ2v) is 8.20. The monoisotopic (exact) mass is 436 g/mol. The molecule has 1 rings (SSSR count). The van der Waals surface area contributed by atoms with Gasteiger partial charge in [0.15, 0.2) is 0 Å². The molecule has 0 aliphatic rings. The molecule has 0 amide bonds. The first-order valence-electron chi connectivity index (χ1n) is 11.1. The third-order valence-corrected chi connectivity index (χ3v) is 5.77. The minimum absolute atomic E-state index is 0. The molecule has 0 fully saturated rings. The number of halogens is 1. The SMILES string of the molecule is CCCCCCCCCCCCCCCCC(C(=O)O)c1ccccc1Cl.[Ca+2].[H-].[H-]. The van der Waals surface area contributed by atoms with Crippen LogP contribution in [0.1, 0.15) is 118 Å². The van der Waals surface area contributed by atoms with Gasteiger partial charge in [-0.3, -0.25) is 4.79 Å². The summed E-state index contributed by atoms with van der Waals surface area (Å²) in [6, 6.07) is 7.32. The van der Waals surface area contributed by atoms with Gasteiger partial charge >= 0.3 is 43.7 Å². The molecule has 0 aromatic heterocycles. The van der Waals surface area contributed by atoms with E-state index in [2.05, 4.69) is 6.92 Å². The molecular weight excluding hydrogens is 396 g/mol. The van der Waals surface area contributed by atoms with Crippen LogP contribution in [0.3, 0.4) is 0 Å². The van der Waals surface area contributed by atoms with Gasteiger partial charge in [-0.05, 0) is 18.1 Å². The van der Waals surface area contributed by atoms with E-state index in [1.807, 2.05) is 18.2 Å². The van der Waals surface area contributed by atoms with Crippen LogP contribution in [0, 0.1) is 0 Å². The third-order valence-electron chi connectivity index (χ3n) is 5.43. The zero-order chi connectivity index (χ0) is 19.7. The molecule has 0 spiro atoms. The van der Waals surface area contributed by atoms with E-state index >= 15 is 0 Å². The summed E-state index contributed by atoms with van der Waals surface area (Å²) in [5.41, 5.74) is 0.751. The molecule has 28 heavy (non-hydrogen) atoms. The number of rotatable bonds is 17.